The molecule has 1 N–H and O–H groups in total. The number of rotatable bonds is 5. The van der Waals surface area contributed by atoms with Gasteiger partial charge in [0.15, 0.2) is 6.10 Å². The van der Waals surface area contributed by atoms with Crippen LogP contribution in [-0.2, 0) is 4.79 Å². The molecule has 2 aromatic carbocycles. The lowest BCUT2D eigenvalue weighted by molar-refractivity contribution is -0.125. The zero-order chi connectivity index (χ0) is 19.6. The molecule has 0 saturated heterocycles. The largest absolute Gasteiger partial charge is 0.493 e. The van der Waals surface area contributed by atoms with Gasteiger partial charge in [-0.1, -0.05) is 13.8 Å². The van der Waals surface area contributed by atoms with Crippen molar-refractivity contribution in [3.63, 3.8) is 0 Å². The molecule has 6 heteroatoms. The molecule has 0 bridgehead atoms. The Morgan fingerprint density at radius 3 is 2.59 bits per heavy atom. The first kappa shape index (κ1) is 18.8. The number of fused-ring (bicyclic) bond motifs is 1. The Labute approximate surface area is 159 Å². The van der Waals surface area contributed by atoms with Crippen LogP contribution in [0.1, 0.15) is 31.1 Å². The number of hydrogen-bond donors (Lipinski definition) is 1. The molecule has 0 aliphatic carbocycles. The molecule has 1 heterocycles. The van der Waals surface area contributed by atoms with Gasteiger partial charge in [-0.2, -0.15) is 0 Å². The van der Waals surface area contributed by atoms with Gasteiger partial charge < -0.3 is 19.7 Å². The standard InChI is InChI=1S/C21H24N2O4/c1-13(2)12-26-17-8-5-15(6-9-17)20(24)22-16-7-10-19-18(11-16)23(4)21(25)14(3)27-19/h5-11,13-14H,12H2,1-4H3,(H,22,24)/t14-/m0/s1. The SMILES string of the molecule is CC(C)COc1ccc(C(=O)Nc2ccc3c(c2)N(C)C(=O)[C@H](C)O3)cc1. The molecule has 0 fully saturated rings. The smallest absolute Gasteiger partial charge is 0.267 e. The van der Waals surface area contributed by atoms with Gasteiger partial charge in [0.25, 0.3) is 11.8 Å². The van der Waals surface area contributed by atoms with E-state index in [9.17, 15) is 9.59 Å². The van der Waals surface area contributed by atoms with E-state index in [0.29, 0.717) is 35.2 Å². The zero-order valence-electron chi connectivity index (χ0n) is 16.0. The number of hydrogen-bond acceptors (Lipinski definition) is 4. The predicted octanol–water partition coefficient (Wildman–Crippen LogP) is 3.72. The minimum atomic E-state index is -0.514. The van der Waals surface area contributed by atoms with Crippen molar-refractivity contribution in [2.24, 2.45) is 5.92 Å². The highest BCUT2D eigenvalue weighted by Crippen LogP contribution is 2.35. The summed E-state index contributed by atoms with van der Waals surface area (Å²) in [5.74, 6) is 1.44. The average molecular weight is 368 g/mol. The summed E-state index contributed by atoms with van der Waals surface area (Å²) in [6.45, 7) is 6.51. The lowest BCUT2D eigenvalue weighted by Crippen LogP contribution is -2.41. The fourth-order valence-corrected chi connectivity index (χ4v) is 2.76. The van der Waals surface area contributed by atoms with Crippen LogP contribution in [0.25, 0.3) is 0 Å². The van der Waals surface area contributed by atoms with Crippen molar-refractivity contribution in [3.05, 3.63) is 48.0 Å². The van der Waals surface area contributed by atoms with Crippen molar-refractivity contribution in [2.45, 2.75) is 26.9 Å². The summed E-state index contributed by atoms with van der Waals surface area (Å²) >= 11 is 0. The molecule has 0 spiro atoms. The van der Waals surface area contributed by atoms with Crippen LogP contribution < -0.4 is 19.7 Å². The van der Waals surface area contributed by atoms with E-state index < -0.39 is 6.10 Å². The van der Waals surface area contributed by atoms with E-state index in [1.807, 2.05) is 0 Å². The molecule has 1 aliphatic rings. The maximum Gasteiger partial charge on any atom is 0.267 e. The highest BCUT2D eigenvalue weighted by molar-refractivity contribution is 6.05. The van der Waals surface area contributed by atoms with Gasteiger partial charge in [-0.05, 0) is 55.3 Å². The van der Waals surface area contributed by atoms with E-state index in [2.05, 4.69) is 19.2 Å². The number of carbonyl (C=O) groups is 2. The van der Waals surface area contributed by atoms with Crippen LogP contribution in [0.2, 0.25) is 0 Å². The number of ether oxygens (including phenoxy) is 2. The number of benzene rings is 2. The fraction of sp³-hybridized carbons (Fsp3) is 0.333. The van der Waals surface area contributed by atoms with Crippen molar-refractivity contribution in [1.82, 2.24) is 0 Å². The molecule has 0 aromatic heterocycles. The van der Waals surface area contributed by atoms with Crippen molar-refractivity contribution in [3.8, 4) is 11.5 Å². The van der Waals surface area contributed by atoms with E-state index in [4.69, 9.17) is 9.47 Å². The quantitative estimate of drug-likeness (QED) is 0.873. The highest BCUT2D eigenvalue weighted by atomic mass is 16.5. The summed E-state index contributed by atoms with van der Waals surface area (Å²) in [5, 5.41) is 2.85. The monoisotopic (exact) mass is 368 g/mol. The molecule has 1 aliphatic heterocycles. The van der Waals surface area contributed by atoms with E-state index in [1.54, 1.807) is 61.3 Å². The van der Waals surface area contributed by atoms with Crippen LogP contribution in [0.5, 0.6) is 11.5 Å². The third-order valence-corrected chi connectivity index (χ3v) is 4.26. The van der Waals surface area contributed by atoms with E-state index in [0.717, 1.165) is 5.75 Å². The van der Waals surface area contributed by atoms with E-state index in [-0.39, 0.29) is 11.8 Å². The van der Waals surface area contributed by atoms with Gasteiger partial charge in [0.05, 0.1) is 12.3 Å². The number of amides is 2. The summed E-state index contributed by atoms with van der Waals surface area (Å²) < 4.78 is 11.2. The van der Waals surface area contributed by atoms with Crippen LogP contribution in [0.3, 0.4) is 0 Å². The molecule has 1 atom stereocenters. The van der Waals surface area contributed by atoms with Crippen molar-refractivity contribution in [2.75, 3.05) is 23.9 Å². The van der Waals surface area contributed by atoms with Gasteiger partial charge in [0, 0.05) is 18.3 Å². The first-order valence-corrected chi connectivity index (χ1v) is 8.97. The van der Waals surface area contributed by atoms with Crippen LogP contribution in [0.4, 0.5) is 11.4 Å². The third-order valence-electron chi connectivity index (χ3n) is 4.26. The Bertz CT molecular complexity index is 846. The highest BCUT2D eigenvalue weighted by Gasteiger charge is 2.29. The van der Waals surface area contributed by atoms with Gasteiger partial charge in [-0.25, -0.2) is 0 Å². The molecule has 2 amide bonds. The fourth-order valence-electron chi connectivity index (χ4n) is 2.76. The molecule has 0 unspecified atom stereocenters. The Balaban J connectivity index is 1.70. The maximum atomic E-state index is 12.5. The topological polar surface area (TPSA) is 67.9 Å². The van der Waals surface area contributed by atoms with Crippen molar-refractivity contribution in [1.29, 1.82) is 0 Å². The number of likely N-dealkylation sites (N-methyl/N-ethyl adjacent to an activating group) is 1. The Hall–Kier alpha value is -3.02. The first-order chi connectivity index (χ1) is 12.8. The number of nitrogens with one attached hydrogen (secondary N) is 1. The summed E-state index contributed by atoms with van der Waals surface area (Å²) in [5.41, 5.74) is 1.75. The molecular weight excluding hydrogens is 344 g/mol. The van der Waals surface area contributed by atoms with Gasteiger partial charge in [-0.15, -0.1) is 0 Å². The normalized spacial score (nSPS) is 16.0. The molecule has 2 aromatic rings. The molecule has 3 rings (SSSR count). The van der Waals surface area contributed by atoms with Gasteiger partial charge in [-0.3, -0.25) is 9.59 Å². The number of carbonyl (C=O) groups excluding carboxylic acids is 2. The van der Waals surface area contributed by atoms with E-state index >= 15 is 0 Å². The molecule has 6 nitrogen and oxygen atoms in total. The maximum absolute atomic E-state index is 12.5. The molecule has 0 radical (unpaired) electrons. The first-order valence-electron chi connectivity index (χ1n) is 8.97. The zero-order valence-corrected chi connectivity index (χ0v) is 16.0. The molecule has 27 heavy (non-hydrogen) atoms. The Morgan fingerprint density at radius 2 is 1.93 bits per heavy atom. The number of anilines is 2. The summed E-state index contributed by atoms with van der Waals surface area (Å²) in [4.78, 5) is 26.1. The molecule has 0 saturated carbocycles. The number of nitrogens with zero attached hydrogens (tertiary/aromatic N) is 1. The second-order valence-electron chi connectivity index (χ2n) is 7.02. The summed E-state index contributed by atoms with van der Waals surface area (Å²) in [6, 6.07) is 12.3. The van der Waals surface area contributed by atoms with Crippen LogP contribution in [0, 0.1) is 5.92 Å². The lowest BCUT2D eigenvalue weighted by Gasteiger charge is -2.30. The Kier molecular flexibility index (Phi) is 5.35. The van der Waals surface area contributed by atoms with Crippen LogP contribution >= 0.6 is 0 Å². The Morgan fingerprint density at radius 1 is 1.22 bits per heavy atom. The summed E-state index contributed by atoms with van der Waals surface area (Å²) in [6.07, 6.45) is -0.514. The van der Waals surface area contributed by atoms with Crippen molar-refractivity contribution < 1.29 is 19.1 Å². The molecule has 142 valence electrons. The van der Waals surface area contributed by atoms with Crippen LogP contribution in [0.15, 0.2) is 42.5 Å². The van der Waals surface area contributed by atoms with Gasteiger partial charge in [0.2, 0.25) is 0 Å². The average Bonchev–Trinajstić information content (AvgIpc) is 2.65. The predicted molar refractivity (Wildman–Crippen MR) is 105 cm³/mol. The van der Waals surface area contributed by atoms with Crippen LogP contribution in [-0.4, -0.2) is 31.6 Å². The third kappa shape index (κ3) is 4.22. The minimum absolute atomic E-state index is 0.122. The van der Waals surface area contributed by atoms with Gasteiger partial charge >= 0.3 is 0 Å². The second-order valence-corrected chi connectivity index (χ2v) is 7.02. The summed E-state index contributed by atoms with van der Waals surface area (Å²) in [7, 11) is 1.70. The second kappa shape index (κ2) is 7.70. The molecular formula is C21H24N2O4. The lowest BCUT2D eigenvalue weighted by atomic mass is 10.1. The van der Waals surface area contributed by atoms with E-state index in [1.165, 1.54) is 0 Å². The minimum Gasteiger partial charge on any atom is -0.493 e. The van der Waals surface area contributed by atoms with Crippen molar-refractivity contribution >= 4 is 23.2 Å². The van der Waals surface area contributed by atoms with Gasteiger partial charge in [0.1, 0.15) is 11.5 Å².